The summed E-state index contributed by atoms with van der Waals surface area (Å²) >= 11 is 3.20. The van der Waals surface area contributed by atoms with Gasteiger partial charge in [0, 0.05) is 17.8 Å². The molecular weight excluding hydrogens is 391 g/mol. The van der Waals surface area contributed by atoms with Gasteiger partial charge >= 0.3 is 29.6 Å². The van der Waals surface area contributed by atoms with Crippen molar-refractivity contribution in [2.75, 3.05) is 19.5 Å². The van der Waals surface area contributed by atoms with Crippen LogP contribution in [0.15, 0.2) is 38.3 Å². The zero-order valence-electron chi connectivity index (χ0n) is 13.1. The second-order valence-electron chi connectivity index (χ2n) is 2.09. The van der Waals surface area contributed by atoms with E-state index in [1.54, 1.807) is 20.3 Å². The van der Waals surface area contributed by atoms with Gasteiger partial charge in [-0.25, -0.2) is 0 Å². The molecule has 25 heavy (non-hydrogen) atoms. The molecule has 0 N–H and O–H groups in total. The third-order valence-corrected chi connectivity index (χ3v) is 1.41. The summed E-state index contributed by atoms with van der Waals surface area (Å²) in [6, 6.07) is 3.73. The third-order valence-electron chi connectivity index (χ3n) is 0.847. The Kier molecular flexibility index (Phi) is 400. The fourth-order valence-corrected chi connectivity index (χ4v) is 0.426. The first-order valence-electron chi connectivity index (χ1n) is 4.87. The maximum Gasteiger partial charge on any atom is 1.00 e. The summed E-state index contributed by atoms with van der Waals surface area (Å²) in [6.45, 7) is 9.63. The van der Waals surface area contributed by atoms with Gasteiger partial charge in [-0.3, -0.25) is 0 Å². The number of unbranched alkanes of at least 4 members (excludes halogenated alkanes) is 1. The molecule has 0 spiro atoms. The molecular formula is C19H46BrN2NaO2. The third kappa shape index (κ3) is 378. The number of ether oxygens (including phenoxy) is 2. The quantitative estimate of drug-likeness (QED) is 0.207. The van der Waals surface area contributed by atoms with Crippen molar-refractivity contribution in [2.45, 2.75) is 57.4 Å². The van der Waals surface area contributed by atoms with E-state index in [0.717, 1.165) is 11.8 Å². The molecule has 0 unspecified atom stereocenters. The smallest absolute Gasteiger partial charge is 1.00 e. The van der Waals surface area contributed by atoms with Crippen LogP contribution in [0.2, 0.25) is 0 Å². The maximum atomic E-state index is 7.93. The standard InChI is InChI=1S/C4H6BrN.C3H3N.2C3H6O.6CH4.Na.H/c5-3-1-2-4-6;1-2-3-4;2*1-3-4-2;;;;;;;;/h1-3H2;2H,1H2;2*3H,1H2,2H3;6*1H4;;/q;;;;;;;;;;+1;-1. The molecule has 0 rings (SSSR count). The topological polar surface area (TPSA) is 66.0 Å². The molecule has 0 heterocycles. The number of methoxy groups -OCH3 is 2. The molecule has 0 aromatic heterocycles. The van der Waals surface area contributed by atoms with E-state index in [0.29, 0.717) is 6.42 Å². The predicted octanol–water partition coefficient (Wildman–Crippen LogP) is 4.87. The SMILES string of the molecule is C.C.C.C.C.C.C=CC#N.C=COC.C=COC.N#CCCCBr.[H-].[Na+]. The maximum absolute atomic E-state index is 7.93. The zero-order valence-corrected chi connectivity index (χ0v) is 15.6. The van der Waals surface area contributed by atoms with Gasteiger partial charge < -0.3 is 10.9 Å². The average molecular weight is 437 g/mol. The number of halogens is 1. The van der Waals surface area contributed by atoms with E-state index in [9.17, 15) is 0 Å². The Morgan fingerprint density at radius 3 is 1.20 bits per heavy atom. The summed E-state index contributed by atoms with van der Waals surface area (Å²) in [4.78, 5) is 0. The monoisotopic (exact) mass is 436 g/mol. The molecule has 6 heteroatoms. The Bertz CT molecular complexity index is 249. The van der Waals surface area contributed by atoms with Gasteiger partial charge in [-0.05, 0) is 6.42 Å². The van der Waals surface area contributed by atoms with Crippen LogP contribution in [-0.4, -0.2) is 19.5 Å². The van der Waals surface area contributed by atoms with E-state index in [1.165, 1.54) is 18.6 Å². The first kappa shape index (κ1) is 74.6. The summed E-state index contributed by atoms with van der Waals surface area (Å²) in [5.74, 6) is 0. The van der Waals surface area contributed by atoms with Crippen LogP contribution in [0.25, 0.3) is 0 Å². The summed E-state index contributed by atoms with van der Waals surface area (Å²) < 4.78 is 8.61. The Balaban J connectivity index is -0.00000000923. The van der Waals surface area contributed by atoms with Gasteiger partial charge in [-0.1, -0.05) is 80.2 Å². The molecule has 0 saturated carbocycles. The predicted molar refractivity (Wildman–Crippen MR) is 120 cm³/mol. The minimum absolute atomic E-state index is 0. The molecule has 0 atom stereocenters. The Morgan fingerprint density at radius 1 is 0.920 bits per heavy atom. The van der Waals surface area contributed by atoms with Crippen molar-refractivity contribution in [3.05, 3.63) is 38.3 Å². The van der Waals surface area contributed by atoms with Crippen molar-refractivity contribution in [2.24, 2.45) is 0 Å². The molecule has 0 aliphatic rings. The summed E-state index contributed by atoms with van der Waals surface area (Å²) in [7, 11) is 3.12. The first-order valence-corrected chi connectivity index (χ1v) is 5.99. The van der Waals surface area contributed by atoms with Crippen molar-refractivity contribution in [3.8, 4) is 12.1 Å². The van der Waals surface area contributed by atoms with E-state index < -0.39 is 0 Å². The summed E-state index contributed by atoms with van der Waals surface area (Å²) in [5, 5.41) is 16.4. The molecule has 152 valence electrons. The Labute approximate surface area is 193 Å². The van der Waals surface area contributed by atoms with Crippen LogP contribution >= 0.6 is 15.9 Å². The summed E-state index contributed by atoms with van der Waals surface area (Å²) in [6.07, 6.45) is 5.57. The fraction of sp³-hybridized carbons (Fsp3) is 0.579. The fourth-order valence-electron chi connectivity index (χ4n) is 0.146. The van der Waals surface area contributed by atoms with Gasteiger partial charge in [0.2, 0.25) is 0 Å². The van der Waals surface area contributed by atoms with Crippen LogP contribution in [0.5, 0.6) is 0 Å². The van der Waals surface area contributed by atoms with E-state index in [4.69, 9.17) is 10.5 Å². The number of nitrogens with zero attached hydrogens (tertiary/aromatic N) is 2. The largest absolute Gasteiger partial charge is 1.00 e. The molecule has 0 saturated heterocycles. The normalized spacial score (nSPS) is 4.04. The number of hydrogen-bond acceptors (Lipinski definition) is 4. The van der Waals surface area contributed by atoms with Crippen LogP contribution in [0, 0.1) is 22.7 Å². The molecule has 0 aromatic carbocycles. The zero-order chi connectivity index (χ0) is 15.1. The molecule has 0 radical (unpaired) electrons. The minimum atomic E-state index is 0. The van der Waals surface area contributed by atoms with E-state index in [2.05, 4.69) is 45.1 Å². The van der Waals surface area contributed by atoms with Crippen molar-refractivity contribution in [1.29, 1.82) is 10.5 Å². The average Bonchev–Trinajstić information content (AvgIpc) is 2.45. The van der Waals surface area contributed by atoms with E-state index >= 15 is 0 Å². The van der Waals surface area contributed by atoms with E-state index in [1.807, 2.05) is 6.07 Å². The van der Waals surface area contributed by atoms with Gasteiger partial charge in [-0.2, -0.15) is 10.5 Å². The Hall–Kier alpha value is -0.720. The molecule has 0 bridgehead atoms. The van der Waals surface area contributed by atoms with Gasteiger partial charge in [-0.15, -0.1) is 0 Å². The Morgan fingerprint density at radius 2 is 1.16 bits per heavy atom. The van der Waals surface area contributed by atoms with Crippen LogP contribution in [-0.2, 0) is 9.47 Å². The van der Waals surface area contributed by atoms with Gasteiger partial charge in [0.05, 0.1) is 38.9 Å². The number of hydrogen-bond donors (Lipinski definition) is 0. The molecule has 0 fully saturated rings. The minimum Gasteiger partial charge on any atom is -1.00 e. The number of rotatable bonds is 4. The van der Waals surface area contributed by atoms with Crippen molar-refractivity contribution >= 4 is 15.9 Å². The van der Waals surface area contributed by atoms with Crippen LogP contribution in [0.3, 0.4) is 0 Å². The molecule has 0 aliphatic heterocycles. The van der Waals surface area contributed by atoms with Gasteiger partial charge in [0.25, 0.3) is 0 Å². The van der Waals surface area contributed by atoms with Crippen LogP contribution in [0.4, 0.5) is 0 Å². The van der Waals surface area contributed by atoms with Crippen molar-refractivity contribution in [1.82, 2.24) is 0 Å². The number of allylic oxidation sites excluding steroid dienone is 1. The first-order chi connectivity index (χ1) is 8.66. The van der Waals surface area contributed by atoms with Crippen LogP contribution < -0.4 is 29.6 Å². The molecule has 4 nitrogen and oxygen atoms in total. The van der Waals surface area contributed by atoms with Crippen molar-refractivity contribution in [3.63, 3.8) is 0 Å². The molecule has 0 aromatic rings. The van der Waals surface area contributed by atoms with Crippen LogP contribution in [0.1, 0.15) is 58.8 Å². The molecule has 0 aliphatic carbocycles. The van der Waals surface area contributed by atoms with Gasteiger partial charge in [0.1, 0.15) is 0 Å². The number of nitriles is 2. The second kappa shape index (κ2) is 134. The van der Waals surface area contributed by atoms with Crippen molar-refractivity contribution < 1.29 is 40.5 Å². The summed E-state index contributed by atoms with van der Waals surface area (Å²) in [5.41, 5.74) is 0. The van der Waals surface area contributed by atoms with E-state index in [-0.39, 0.29) is 75.5 Å². The number of alkyl halides is 1. The van der Waals surface area contributed by atoms with Gasteiger partial charge in [0.15, 0.2) is 0 Å². The molecule has 0 amide bonds. The second-order valence-corrected chi connectivity index (χ2v) is 2.88.